The molecule has 0 spiro atoms. The molecule has 34 heavy (non-hydrogen) atoms. The van der Waals surface area contributed by atoms with Gasteiger partial charge in [-0.15, -0.1) is 0 Å². The number of fused-ring (bicyclic) bond motifs is 1. The third-order valence-corrected chi connectivity index (χ3v) is 6.97. The number of likely N-dealkylation sites (tertiary alicyclic amines) is 1. The molecule has 1 aliphatic carbocycles. The quantitative estimate of drug-likeness (QED) is 0.340. The molecule has 1 aromatic rings. The molecule has 8 nitrogen and oxygen atoms in total. The van der Waals surface area contributed by atoms with Gasteiger partial charge in [0.2, 0.25) is 17.7 Å². The van der Waals surface area contributed by atoms with Gasteiger partial charge in [0.05, 0.1) is 18.9 Å². The van der Waals surface area contributed by atoms with Crippen LogP contribution in [0.5, 0.6) is 5.75 Å². The van der Waals surface area contributed by atoms with E-state index in [1.807, 2.05) is 12.2 Å². The van der Waals surface area contributed by atoms with Gasteiger partial charge >= 0.3 is 0 Å². The summed E-state index contributed by atoms with van der Waals surface area (Å²) < 4.78 is 5.18. The van der Waals surface area contributed by atoms with Crippen LogP contribution in [0, 0.1) is 23.7 Å². The van der Waals surface area contributed by atoms with Gasteiger partial charge in [0.25, 0.3) is 0 Å². The highest BCUT2D eigenvalue weighted by Gasteiger charge is 2.56. The molecule has 1 aliphatic heterocycles. The van der Waals surface area contributed by atoms with Gasteiger partial charge in [-0.1, -0.05) is 25.5 Å². The lowest BCUT2D eigenvalue weighted by molar-refractivity contribution is -0.140. The third kappa shape index (κ3) is 5.43. The van der Waals surface area contributed by atoms with E-state index in [0.717, 1.165) is 19.3 Å². The highest BCUT2D eigenvalue weighted by molar-refractivity contribution is 6.01. The molecule has 1 saturated heterocycles. The van der Waals surface area contributed by atoms with E-state index in [9.17, 15) is 14.4 Å². The molecule has 186 valence electrons. The normalized spacial score (nSPS) is 25.7. The first-order valence-electron chi connectivity index (χ1n) is 12.2. The molecule has 0 unspecified atom stereocenters. The molecule has 1 heterocycles. The molecule has 0 radical (unpaired) electrons. The van der Waals surface area contributed by atoms with Gasteiger partial charge in [-0.25, -0.2) is 0 Å². The van der Waals surface area contributed by atoms with E-state index in [4.69, 9.17) is 9.84 Å². The number of rotatable bonds is 11. The van der Waals surface area contributed by atoms with Crippen molar-refractivity contribution in [2.75, 3.05) is 32.6 Å². The maximum Gasteiger partial charge on any atom is 0.247 e. The molecule has 1 aromatic carbocycles. The monoisotopic (exact) mass is 471 g/mol. The van der Waals surface area contributed by atoms with Crippen molar-refractivity contribution in [2.24, 2.45) is 23.7 Å². The maximum absolute atomic E-state index is 13.7. The Morgan fingerprint density at radius 1 is 1.09 bits per heavy atom. The first-order valence-corrected chi connectivity index (χ1v) is 12.2. The van der Waals surface area contributed by atoms with E-state index in [-0.39, 0.29) is 36.2 Å². The summed E-state index contributed by atoms with van der Waals surface area (Å²) in [5.74, 6) is -1.33. The largest absolute Gasteiger partial charge is 0.497 e. The summed E-state index contributed by atoms with van der Waals surface area (Å²) in [7, 11) is 3.18. The van der Waals surface area contributed by atoms with E-state index >= 15 is 0 Å². The molecule has 0 saturated carbocycles. The summed E-state index contributed by atoms with van der Waals surface area (Å²) in [4.78, 5) is 41.8. The molecular weight excluding hydrogens is 434 g/mol. The first kappa shape index (κ1) is 25.7. The Labute approximate surface area is 201 Å². The van der Waals surface area contributed by atoms with Gasteiger partial charge in [-0.05, 0) is 55.9 Å². The summed E-state index contributed by atoms with van der Waals surface area (Å²) in [6.45, 7) is 2.58. The van der Waals surface area contributed by atoms with Crippen molar-refractivity contribution >= 4 is 23.4 Å². The number of aliphatic hydroxyl groups excluding tert-OH is 1. The van der Waals surface area contributed by atoms with Gasteiger partial charge < -0.3 is 25.4 Å². The zero-order chi connectivity index (χ0) is 24.7. The number of aliphatic hydroxyl groups is 1. The van der Waals surface area contributed by atoms with Crippen LogP contribution in [0.2, 0.25) is 0 Å². The third-order valence-electron chi connectivity index (χ3n) is 6.97. The number of hydrogen-bond donors (Lipinski definition) is 3. The topological polar surface area (TPSA) is 108 Å². The predicted octanol–water partition coefficient (Wildman–Crippen LogP) is 2.59. The van der Waals surface area contributed by atoms with Crippen molar-refractivity contribution in [1.29, 1.82) is 0 Å². The molecule has 1 fully saturated rings. The number of nitrogens with one attached hydrogen (secondary N) is 2. The number of unbranched alkanes of at least 4 members (excludes halogenated alkanes) is 2. The van der Waals surface area contributed by atoms with Crippen molar-refractivity contribution in [3.8, 4) is 5.75 Å². The lowest BCUT2D eigenvalue weighted by Crippen LogP contribution is -2.45. The summed E-state index contributed by atoms with van der Waals surface area (Å²) in [5.41, 5.74) is 0.619. The smallest absolute Gasteiger partial charge is 0.247 e. The van der Waals surface area contributed by atoms with Crippen molar-refractivity contribution < 1.29 is 24.2 Å². The van der Waals surface area contributed by atoms with Crippen LogP contribution in [0.4, 0.5) is 5.69 Å². The Morgan fingerprint density at radius 2 is 1.82 bits per heavy atom. The standard InChI is InChI=1S/C26H37N3O5/c1-4-8-17-9-14-20-22(21(17)24(31)27-2)26(33)29(15-6-5-7-16-30)23(20)25(32)28-18-10-12-19(34-3)13-11-18/h9-14,17,20-23,30H,4-8,15-16H2,1-3H3,(H,27,31)(H,28,32)/t17-,20+,21-,22-,23+/m1/s1. The minimum atomic E-state index is -0.695. The van der Waals surface area contributed by atoms with Crippen LogP contribution in [0.3, 0.4) is 0 Å². The van der Waals surface area contributed by atoms with Crippen LogP contribution >= 0.6 is 0 Å². The fourth-order valence-corrected chi connectivity index (χ4v) is 5.33. The van der Waals surface area contributed by atoms with Crippen LogP contribution in [0.15, 0.2) is 36.4 Å². The Bertz CT molecular complexity index is 885. The lowest BCUT2D eigenvalue weighted by atomic mass is 9.68. The number of ether oxygens (including phenoxy) is 1. The number of carbonyl (C=O) groups excluding carboxylic acids is 3. The first-order chi connectivity index (χ1) is 16.5. The van der Waals surface area contributed by atoms with Gasteiger partial charge in [0.1, 0.15) is 11.8 Å². The van der Waals surface area contributed by atoms with Crippen molar-refractivity contribution in [2.45, 2.75) is 45.1 Å². The molecule has 0 aromatic heterocycles. The molecule has 0 bridgehead atoms. The lowest BCUT2D eigenvalue weighted by Gasteiger charge is -2.34. The Kier molecular flexibility index (Phi) is 9.10. The Balaban J connectivity index is 1.91. The van der Waals surface area contributed by atoms with E-state index in [2.05, 4.69) is 17.6 Å². The maximum atomic E-state index is 13.7. The molecule has 3 N–H and O–H groups in total. The van der Waals surface area contributed by atoms with Crippen LogP contribution < -0.4 is 15.4 Å². The number of methoxy groups -OCH3 is 1. The second-order valence-electron chi connectivity index (χ2n) is 9.06. The van der Waals surface area contributed by atoms with Crippen molar-refractivity contribution in [1.82, 2.24) is 10.2 Å². The predicted molar refractivity (Wildman–Crippen MR) is 130 cm³/mol. The molecule has 8 heteroatoms. The highest BCUT2D eigenvalue weighted by atomic mass is 16.5. The van der Waals surface area contributed by atoms with Crippen molar-refractivity contribution in [3.05, 3.63) is 36.4 Å². The summed E-state index contributed by atoms with van der Waals surface area (Å²) in [5, 5.41) is 14.8. The van der Waals surface area contributed by atoms with Crippen LogP contribution in [0.25, 0.3) is 0 Å². The zero-order valence-corrected chi connectivity index (χ0v) is 20.3. The van der Waals surface area contributed by atoms with E-state index in [1.54, 1.807) is 43.3 Å². The van der Waals surface area contributed by atoms with Gasteiger partial charge in [-0.2, -0.15) is 0 Å². The van der Waals surface area contributed by atoms with Gasteiger partial charge in [0.15, 0.2) is 0 Å². The number of carbonyl (C=O) groups is 3. The van der Waals surface area contributed by atoms with Gasteiger partial charge in [-0.3, -0.25) is 14.4 Å². The second-order valence-corrected chi connectivity index (χ2v) is 9.06. The number of nitrogens with zero attached hydrogens (tertiary/aromatic N) is 1. The fraction of sp³-hybridized carbons (Fsp3) is 0.577. The number of amides is 3. The molecule has 3 rings (SSSR count). The average Bonchev–Trinajstić information content (AvgIpc) is 3.13. The second kappa shape index (κ2) is 12.0. The van der Waals surface area contributed by atoms with Crippen LogP contribution in [-0.4, -0.2) is 61.1 Å². The SMILES string of the molecule is CCC[C@@H]1C=C[C@H]2[C@@H](C(=O)N(CCCCCO)[C@@H]2C(=O)Nc2ccc(OC)cc2)[C@@H]1C(=O)NC. The summed E-state index contributed by atoms with van der Waals surface area (Å²) in [6.07, 6.45) is 7.82. The summed E-state index contributed by atoms with van der Waals surface area (Å²) >= 11 is 0. The minimum absolute atomic E-state index is 0.0326. The van der Waals surface area contributed by atoms with Crippen LogP contribution in [-0.2, 0) is 14.4 Å². The number of benzene rings is 1. The fourth-order valence-electron chi connectivity index (χ4n) is 5.33. The number of hydrogen-bond acceptors (Lipinski definition) is 5. The Hall–Kier alpha value is -2.87. The van der Waals surface area contributed by atoms with Crippen LogP contribution in [0.1, 0.15) is 39.0 Å². The van der Waals surface area contributed by atoms with Gasteiger partial charge in [0, 0.05) is 31.8 Å². The number of anilines is 1. The molecule has 2 aliphatic rings. The Morgan fingerprint density at radius 3 is 2.44 bits per heavy atom. The molecule has 5 atom stereocenters. The number of allylic oxidation sites excluding steroid dienone is 1. The summed E-state index contributed by atoms with van der Waals surface area (Å²) in [6, 6.07) is 6.36. The zero-order valence-electron chi connectivity index (χ0n) is 20.3. The van der Waals surface area contributed by atoms with Crippen molar-refractivity contribution in [3.63, 3.8) is 0 Å². The highest BCUT2D eigenvalue weighted by Crippen LogP contribution is 2.45. The molecule has 3 amide bonds. The van der Waals surface area contributed by atoms with E-state index in [0.29, 0.717) is 30.8 Å². The van der Waals surface area contributed by atoms with E-state index < -0.39 is 17.9 Å². The average molecular weight is 472 g/mol. The van der Waals surface area contributed by atoms with E-state index in [1.165, 1.54) is 0 Å². The molecular formula is C26H37N3O5. The minimum Gasteiger partial charge on any atom is -0.497 e.